The van der Waals surface area contributed by atoms with E-state index in [0.717, 1.165) is 41.4 Å². The monoisotopic (exact) mass is 421 g/mol. The predicted molar refractivity (Wildman–Crippen MR) is 117 cm³/mol. The Morgan fingerprint density at radius 1 is 1.20 bits per heavy atom. The van der Waals surface area contributed by atoms with Crippen molar-refractivity contribution in [3.05, 3.63) is 74.7 Å². The quantitative estimate of drug-likeness (QED) is 0.453. The average molecular weight is 422 g/mol. The summed E-state index contributed by atoms with van der Waals surface area (Å²) < 4.78 is 1.39. The second-order valence-corrected chi connectivity index (χ2v) is 8.11. The zero-order valence-corrected chi connectivity index (χ0v) is 17.1. The molecule has 1 aliphatic carbocycles. The van der Waals surface area contributed by atoms with Gasteiger partial charge < -0.3 is 20.0 Å². The summed E-state index contributed by atoms with van der Waals surface area (Å²) in [6.45, 7) is 0. The van der Waals surface area contributed by atoms with Crippen molar-refractivity contribution in [3.63, 3.8) is 0 Å². The molecule has 7 heteroatoms. The number of nitrogens with zero attached hydrogens (tertiary/aromatic N) is 1. The molecule has 30 heavy (non-hydrogen) atoms. The number of amides is 1. The number of pyridine rings is 1. The van der Waals surface area contributed by atoms with E-state index in [9.17, 15) is 14.7 Å². The van der Waals surface area contributed by atoms with E-state index in [0.29, 0.717) is 15.9 Å². The highest BCUT2D eigenvalue weighted by Crippen LogP contribution is 2.37. The van der Waals surface area contributed by atoms with Gasteiger partial charge in [-0.15, -0.1) is 0 Å². The zero-order valence-electron chi connectivity index (χ0n) is 16.3. The average Bonchev–Trinajstić information content (AvgIpc) is 3.14. The first-order chi connectivity index (χ1) is 14.5. The number of rotatable bonds is 2. The van der Waals surface area contributed by atoms with E-state index in [-0.39, 0.29) is 17.4 Å². The van der Waals surface area contributed by atoms with E-state index < -0.39 is 11.5 Å². The van der Waals surface area contributed by atoms with Crippen LogP contribution in [0.4, 0.5) is 0 Å². The van der Waals surface area contributed by atoms with Gasteiger partial charge in [-0.25, -0.2) is 0 Å². The fourth-order valence-electron chi connectivity index (χ4n) is 4.51. The van der Waals surface area contributed by atoms with Gasteiger partial charge in [0.15, 0.2) is 0 Å². The molecule has 2 heterocycles. The number of hydrogen-bond acceptors (Lipinski definition) is 3. The molecular weight excluding hydrogens is 402 g/mol. The topological polar surface area (TPSA) is 87.1 Å². The molecule has 2 aromatic carbocycles. The minimum absolute atomic E-state index is 0.238. The summed E-state index contributed by atoms with van der Waals surface area (Å²) in [5.74, 6) is -0.872. The normalized spacial score (nSPS) is 16.0. The molecule has 1 atom stereocenters. The summed E-state index contributed by atoms with van der Waals surface area (Å²) in [6.07, 6.45) is 2.53. The smallest absolute Gasteiger partial charge is 0.267 e. The van der Waals surface area contributed by atoms with Gasteiger partial charge in [-0.3, -0.25) is 9.59 Å². The van der Waals surface area contributed by atoms with Crippen LogP contribution in [-0.4, -0.2) is 20.6 Å². The first-order valence-corrected chi connectivity index (χ1v) is 10.3. The lowest BCUT2D eigenvalue weighted by Gasteiger charge is -2.24. The number of aromatic nitrogens is 2. The molecule has 1 unspecified atom stereocenters. The lowest BCUT2D eigenvalue weighted by atomic mass is 9.91. The summed E-state index contributed by atoms with van der Waals surface area (Å²) in [4.78, 5) is 29.3. The van der Waals surface area contributed by atoms with Gasteiger partial charge in [0, 0.05) is 23.5 Å². The molecule has 3 N–H and O–H groups in total. The van der Waals surface area contributed by atoms with E-state index in [1.165, 1.54) is 4.57 Å². The largest absolute Gasteiger partial charge is 0.506 e. The van der Waals surface area contributed by atoms with E-state index in [1.54, 1.807) is 31.3 Å². The maximum absolute atomic E-state index is 13.1. The molecule has 1 aliphatic rings. The maximum Gasteiger partial charge on any atom is 0.267 e. The Morgan fingerprint density at radius 2 is 1.97 bits per heavy atom. The highest BCUT2D eigenvalue weighted by atomic mass is 35.5. The molecule has 2 aromatic heterocycles. The fourth-order valence-corrected chi connectivity index (χ4v) is 4.73. The molecule has 0 spiro atoms. The third-order valence-electron chi connectivity index (χ3n) is 6.00. The standard InChI is InChI=1S/C23H20ClN3O3/c1-27-17-11-3-2-6-14(17)21(28)18(23(27)30)22(29)25-16-10-5-8-13-12-7-4-9-15(24)19(12)26-20(13)16/h2-4,6-7,9,11,16,26,28H,5,8,10H2,1H3,(H,25,29). The van der Waals surface area contributed by atoms with Crippen LogP contribution in [0.15, 0.2) is 47.3 Å². The Morgan fingerprint density at radius 3 is 2.80 bits per heavy atom. The molecule has 6 nitrogen and oxygen atoms in total. The third kappa shape index (κ3) is 2.71. The molecule has 0 aliphatic heterocycles. The van der Waals surface area contributed by atoms with Gasteiger partial charge in [0.1, 0.15) is 11.3 Å². The highest BCUT2D eigenvalue weighted by Gasteiger charge is 2.29. The number of carbonyl (C=O) groups excluding carboxylic acids is 1. The first kappa shape index (κ1) is 18.8. The maximum atomic E-state index is 13.1. The van der Waals surface area contributed by atoms with Gasteiger partial charge in [-0.05, 0) is 43.0 Å². The molecule has 5 rings (SSSR count). The summed E-state index contributed by atoms with van der Waals surface area (Å²) >= 11 is 6.34. The van der Waals surface area contributed by atoms with Crippen molar-refractivity contribution in [1.82, 2.24) is 14.9 Å². The Balaban J connectivity index is 1.57. The molecule has 152 valence electrons. The molecule has 0 saturated heterocycles. The van der Waals surface area contributed by atoms with Crippen LogP contribution in [0, 0.1) is 0 Å². The minimum atomic E-state index is -0.582. The number of aryl methyl sites for hydroxylation is 2. The number of aromatic amines is 1. The van der Waals surface area contributed by atoms with E-state index in [4.69, 9.17) is 11.6 Å². The first-order valence-electron chi connectivity index (χ1n) is 9.88. The highest BCUT2D eigenvalue weighted by molar-refractivity contribution is 6.35. The van der Waals surface area contributed by atoms with Crippen molar-refractivity contribution >= 4 is 39.3 Å². The van der Waals surface area contributed by atoms with Gasteiger partial charge in [-0.1, -0.05) is 35.9 Å². The number of benzene rings is 2. The molecule has 0 radical (unpaired) electrons. The fraction of sp³-hybridized carbons (Fsp3) is 0.217. The van der Waals surface area contributed by atoms with E-state index >= 15 is 0 Å². The molecule has 0 fully saturated rings. The summed E-state index contributed by atoms with van der Waals surface area (Å²) in [5, 5.41) is 15.8. The van der Waals surface area contributed by atoms with Crippen molar-refractivity contribution in [2.75, 3.05) is 0 Å². The number of aromatic hydroxyl groups is 1. The van der Waals surface area contributed by atoms with Crippen LogP contribution in [0.25, 0.3) is 21.8 Å². The van der Waals surface area contributed by atoms with E-state index in [2.05, 4.69) is 10.3 Å². The van der Waals surface area contributed by atoms with Gasteiger partial charge in [0.2, 0.25) is 0 Å². The number of H-pyrrole nitrogens is 1. The van der Waals surface area contributed by atoms with Crippen LogP contribution in [-0.2, 0) is 13.5 Å². The Bertz CT molecular complexity index is 1390. The zero-order chi connectivity index (χ0) is 21.0. The molecular formula is C23H20ClN3O3. The van der Waals surface area contributed by atoms with Gasteiger partial charge in [0.05, 0.1) is 22.1 Å². The Labute approximate surface area is 177 Å². The van der Waals surface area contributed by atoms with E-state index in [1.807, 2.05) is 18.2 Å². The van der Waals surface area contributed by atoms with Crippen molar-refractivity contribution in [2.45, 2.75) is 25.3 Å². The van der Waals surface area contributed by atoms with Crippen LogP contribution >= 0.6 is 11.6 Å². The summed E-state index contributed by atoms with van der Waals surface area (Å²) in [6, 6.07) is 12.4. The lowest BCUT2D eigenvalue weighted by Crippen LogP contribution is -2.36. The van der Waals surface area contributed by atoms with Gasteiger partial charge in [-0.2, -0.15) is 0 Å². The summed E-state index contributed by atoms with van der Waals surface area (Å²) in [7, 11) is 1.60. The molecule has 0 bridgehead atoms. The number of nitrogens with one attached hydrogen (secondary N) is 2. The number of halogens is 1. The Hall–Kier alpha value is -3.25. The van der Waals surface area contributed by atoms with Crippen molar-refractivity contribution in [2.24, 2.45) is 7.05 Å². The van der Waals surface area contributed by atoms with Crippen LogP contribution in [0.2, 0.25) is 5.02 Å². The van der Waals surface area contributed by atoms with Crippen LogP contribution < -0.4 is 10.9 Å². The van der Waals surface area contributed by atoms with Crippen LogP contribution in [0.3, 0.4) is 0 Å². The summed E-state index contributed by atoms with van der Waals surface area (Å²) in [5.41, 5.74) is 2.71. The van der Waals surface area contributed by atoms with Crippen molar-refractivity contribution in [3.8, 4) is 5.75 Å². The third-order valence-corrected chi connectivity index (χ3v) is 6.31. The minimum Gasteiger partial charge on any atom is -0.506 e. The molecule has 4 aromatic rings. The SMILES string of the molecule is Cn1c(=O)c(C(=O)NC2CCCc3c2[nH]c2c(Cl)cccc32)c(O)c2ccccc21. The number of fused-ring (bicyclic) bond motifs is 4. The second kappa shape index (κ2) is 6.92. The van der Waals surface area contributed by atoms with Crippen LogP contribution in [0.1, 0.15) is 40.5 Å². The van der Waals surface area contributed by atoms with Crippen LogP contribution in [0.5, 0.6) is 5.75 Å². The lowest BCUT2D eigenvalue weighted by molar-refractivity contribution is 0.0927. The number of carbonyl (C=O) groups is 1. The Kier molecular flexibility index (Phi) is 4.33. The predicted octanol–water partition coefficient (Wildman–Crippen LogP) is 4.19. The van der Waals surface area contributed by atoms with Crippen molar-refractivity contribution in [1.29, 1.82) is 0 Å². The number of hydrogen-bond donors (Lipinski definition) is 3. The van der Waals surface area contributed by atoms with Gasteiger partial charge in [0.25, 0.3) is 11.5 Å². The second-order valence-electron chi connectivity index (χ2n) is 7.70. The van der Waals surface area contributed by atoms with Crippen molar-refractivity contribution < 1.29 is 9.90 Å². The molecule has 0 saturated carbocycles. The number of para-hydroxylation sites is 2. The van der Waals surface area contributed by atoms with Gasteiger partial charge >= 0.3 is 0 Å². The molecule has 1 amide bonds.